The molecule has 0 saturated carbocycles. The third kappa shape index (κ3) is 5.29. The number of likely N-dealkylation sites (tertiary alicyclic amines) is 1. The monoisotopic (exact) mass is 354 g/mol. The third-order valence-corrected chi connectivity index (χ3v) is 6.22. The van der Waals surface area contributed by atoms with Gasteiger partial charge >= 0.3 is 0 Å². The summed E-state index contributed by atoms with van der Waals surface area (Å²) < 4.78 is 25.2. The number of sulfonamides is 1. The highest BCUT2D eigenvalue weighted by Gasteiger charge is 2.18. The first-order valence-corrected chi connectivity index (χ1v) is 9.99. The molecule has 0 radical (unpaired) electrons. The second-order valence-electron chi connectivity index (χ2n) is 6.55. The summed E-state index contributed by atoms with van der Waals surface area (Å²) in [4.78, 5) is 13.8. The first-order valence-electron chi connectivity index (χ1n) is 8.55. The van der Waals surface area contributed by atoms with Gasteiger partial charge in [0.25, 0.3) is 5.91 Å². The standard InChI is InChI=1S/C17H27N3O3S/c1-19(2)24(22,23)16-10-8-15(9-11-16)18-17(21)14-20-12-6-4-3-5-7-13-20/h8-11H,3-7,12-14H2,1-2H3,(H,18,21)/p+1. The van der Waals surface area contributed by atoms with Crippen LogP contribution in [0, 0.1) is 0 Å². The average molecular weight is 354 g/mol. The fourth-order valence-electron chi connectivity index (χ4n) is 2.94. The molecule has 1 aliphatic heterocycles. The van der Waals surface area contributed by atoms with Gasteiger partial charge in [-0.3, -0.25) is 4.79 Å². The Morgan fingerprint density at radius 3 is 2.12 bits per heavy atom. The number of nitrogens with zero attached hydrogens (tertiary/aromatic N) is 1. The highest BCUT2D eigenvalue weighted by atomic mass is 32.2. The van der Waals surface area contributed by atoms with Crippen molar-refractivity contribution in [2.75, 3.05) is 39.0 Å². The molecule has 134 valence electrons. The van der Waals surface area contributed by atoms with E-state index in [4.69, 9.17) is 0 Å². The minimum Gasteiger partial charge on any atom is -0.327 e. The van der Waals surface area contributed by atoms with Crippen molar-refractivity contribution in [3.05, 3.63) is 24.3 Å². The molecule has 1 aromatic carbocycles. The van der Waals surface area contributed by atoms with Crippen molar-refractivity contribution in [3.63, 3.8) is 0 Å². The summed E-state index contributed by atoms with van der Waals surface area (Å²) in [6, 6.07) is 6.32. The lowest BCUT2D eigenvalue weighted by Crippen LogP contribution is -3.13. The number of carbonyl (C=O) groups excluding carboxylic acids is 1. The van der Waals surface area contributed by atoms with Crippen LogP contribution in [0.3, 0.4) is 0 Å². The van der Waals surface area contributed by atoms with Crippen molar-refractivity contribution in [1.29, 1.82) is 0 Å². The molecule has 6 nitrogen and oxygen atoms in total. The summed E-state index contributed by atoms with van der Waals surface area (Å²) >= 11 is 0. The van der Waals surface area contributed by atoms with Crippen molar-refractivity contribution in [3.8, 4) is 0 Å². The first kappa shape index (κ1) is 18.9. The quantitative estimate of drug-likeness (QED) is 0.819. The summed E-state index contributed by atoms with van der Waals surface area (Å²) in [5.41, 5.74) is 0.629. The number of carbonyl (C=O) groups is 1. The van der Waals surface area contributed by atoms with E-state index in [2.05, 4.69) is 5.32 Å². The fourth-order valence-corrected chi connectivity index (χ4v) is 3.84. The van der Waals surface area contributed by atoms with E-state index in [0.29, 0.717) is 12.2 Å². The Hall–Kier alpha value is -1.44. The summed E-state index contributed by atoms with van der Waals surface area (Å²) in [5.74, 6) is -0.0196. The van der Waals surface area contributed by atoms with Gasteiger partial charge in [-0.15, -0.1) is 0 Å². The maximum atomic E-state index is 12.2. The zero-order valence-electron chi connectivity index (χ0n) is 14.5. The first-order chi connectivity index (χ1) is 11.4. The van der Waals surface area contributed by atoms with Crippen LogP contribution in [0.2, 0.25) is 0 Å². The second-order valence-corrected chi connectivity index (χ2v) is 8.71. The number of rotatable bonds is 5. The SMILES string of the molecule is CN(C)S(=O)(=O)c1ccc(NC(=O)C[NH+]2CCCCCCC2)cc1. The number of hydrogen-bond acceptors (Lipinski definition) is 3. The molecule has 24 heavy (non-hydrogen) atoms. The lowest BCUT2D eigenvalue weighted by Gasteiger charge is -2.21. The van der Waals surface area contributed by atoms with Crippen LogP contribution in [0.25, 0.3) is 0 Å². The van der Waals surface area contributed by atoms with Crippen LogP contribution >= 0.6 is 0 Å². The Kier molecular flexibility index (Phi) is 6.77. The van der Waals surface area contributed by atoms with Crippen LogP contribution < -0.4 is 10.2 Å². The molecule has 0 atom stereocenters. The van der Waals surface area contributed by atoms with Gasteiger partial charge in [0.1, 0.15) is 0 Å². The minimum absolute atomic E-state index is 0.0196. The molecule has 1 saturated heterocycles. The Morgan fingerprint density at radius 2 is 1.58 bits per heavy atom. The molecule has 0 spiro atoms. The van der Waals surface area contributed by atoms with Gasteiger partial charge in [0.2, 0.25) is 10.0 Å². The molecule has 0 aliphatic carbocycles. The van der Waals surface area contributed by atoms with E-state index in [9.17, 15) is 13.2 Å². The van der Waals surface area contributed by atoms with E-state index in [1.165, 1.54) is 67.5 Å². The van der Waals surface area contributed by atoms with Crippen molar-refractivity contribution in [1.82, 2.24) is 4.31 Å². The Morgan fingerprint density at radius 1 is 1.04 bits per heavy atom. The van der Waals surface area contributed by atoms with Crippen molar-refractivity contribution in [2.24, 2.45) is 0 Å². The van der Waals surface area contributed by atoms with Gasteiger partial charge in [0.15, 0.2) is 6.54 Å². The van der Waals surface area contributed by atoms with Crippen LogP contribution in [0.4, 0.5) is 5.69 Å². The van der Waals surface area contributed by atoms with Gasteiger partial charge < -0.3 is 10.2 Å². The van der Waals surface area contributed by atoms with Gasteiger partial charge in [0, 0.05) is 19.8 Å². The highest BCUT2D eigenvalue weighted by molar-refractivity contribution is 7.89. The average Bonchev–Trinajstić information content (AvgIpc) is 2.50. The Bertz CT molecular complexity index is 634. The van der Waals surface area contributed by atoms with Crippen LogP contribution in [0.5, 0.6) is 0 Å². The lowest BCUT2D eigenvalue weighted by molar-refractivity contribution is -0.892. The largest absolute Gasteiger partial charge is 0.327 e. The molecule has 7 heteroatoms. The third-order valence-electron chi connectivity index (χ3n) is 4.39. The highest BCUT2D eigenvalue weighted by Crippen LogP contribution is 2.16. The number of nitrogens with one attached hydrogen (secondary N) is 2. The van der Waals surface area contributed by atoms with E-state index in [1.807, 2.05) is 0 Å². The number of anilines is 1. The second kappa shape index (κ2) is 8.60. The van der Waals surface area contributed by atoms with Crippen molar-refractivity contribution >= 4 is 21.6 Å². The van der Waals surface area contributed by atoms with Crippen molar-refractivity contribution in [2.45, 2.75) is 37.0 Å². The van der Waals surface area contributed by atoms with Gasteiger partial charge in [0.05, 0.1) is 18.0 Å². The van der Waals surface area contributed by atoms with E-state index >= 15 is 0 Å². The predicted molar refractivity (Wildman–Crippen MR) is 94.6 cm³/mol. The number of quaternary nitrogens is 1. The molecular formula is C17H28N3O3S+. The van der Waals surface area contributed by atoms with Crippen LogP contribution in [0.15, 0.2) is 29.2 Å². The number of amides is 1. The van der Waals surface area contributed by atoms with Crippen LogP contribution in [-0.2, 0) is 14.8 Å². The number of benzene rings is 1. The van der Waals surface area contributed by atoms with Crippen molar-refractivity contribution < 1.29 is 18.1 Å². The molecule has 1 heterocycles. The smallest absolute Gasteiger partial charge is 0.279 e. The molecule has 0 aromatic heterocycles. The topological polar surface area (TPSA) is 70.9 Å². The lowest BCUT2D eigenvalue weighted by atomic mass is 10.1. The summed E-state index contributed by atoms with van der Waals surface area (Å²) in [6.07, 6.45) is 6.18. The molecule has 1 amide bonds. The maximum Gasteiger partial charge on any atom is 0.279 e. The molecule has 0 unspecified atom stereocenters. The molecular weight excluding hydrogens is 326 g/mol. The Balaban J connectivity index is 1.92. The normalized spacial score (nSPS) is 17.3. The fraction of sp³-hybridized carbons (Fsp3) is 0.588. The number of hydrogen-bond donors (Lipinski definition) is 2. The summed E-state index contributed by atoms with van der Waals surface area (Å²) in [6.45, 7) is 2.57. The molecule has 1 fully saturated rings. The molecule has 1 aliphatic rings. The van der Waals surface area contributed by atoms with Crippen LogP contribution in [-0.4, -0.2) is 52.4 Å². The Labute approximate surface area is 144 Å². The predicted octanol–water partition coefficient (Wildman–Crippen LogP) is 0.724. The molecule has 0 bridgehead atoms. The molecule has 1 aromatic rings. The van der Waals surface area contributed by atoms with Crippen LogP contribution in [0.1, 0.15) is 32.1 Å². The van der Waals surface area contributed by atoms with E-state index < -0.39 is 10.0 Å². The van der Waals surface area contributed by atoms with Gasteiger partial charge in [-0.25, -0.2) is 12.7 Å². The van der Waals surface area contributed by atoms with E-state index in [1.54, 1.807) is 12.1 Å². The molecule has 2 rings (SSSR count). The van der Waals surface area contributed by atoms with Gasteiger partial charge in [-0.2, -0.15) is 0 Å². The maximum absolute atomic E-state index is 12.2. The summed E-state index contributed by atoms with van der Waals surface area (Å²) in [5, 5.41) is 2.86. The zero-order chi connectivity index (χ0) is 17.6. The zero-order valence-corrected chi connectivity index (χ0v) is 15.4. The summed E-state index contributed by atoms with van der Waals surface area (Å²) in [7, 11) is -0.441. The minimum atomic E-state index is -3.44. The van der Waals surface area contributed by atoms with Gasteiger partial charge in [-0.05, 0) is 49.9 Å². The van der Waals surface area contributed by atoms with E-state index in [-0.39, 0.29) is 10.8 Å². The van der Waals surface area contributed by atoms with E-state index in [0.717, 1.165) is 13.1 Å². The van der Waals surface area contributed by atoms with Gasteiger partial charge in [-0.1, -0.05) is 6.42 Å². The molecule has 2 N–H and O–H groups in total.